The fraction of sp³-hybridized carbons (Fsp3) is 0.222. The monoisotopic (exact) mass is 391 g/mol. The first-order valence-corrected chi connectivity index (χ1v) is 8.07. The number of amides is 1. The zero-order valence-electron chi connectivity index (χ0n) is 13.7. The van der Waals surface area contributed by atoms with E-state index in [4.69, 9.17) is 9.47 Å². The summed E-state index contributed by atoms with van der Waals surface area (Å²) in [6.07, 6.45) is 0.702. The van der Waals surface area contributed by atoms with Gasteiger partial charge in [0, 0.05) is 15.7 Å². The zero-order chi connectivity index (χ0) is 17.7. The van der Waals surface area contributed by atoms with Crippen molar-refractivity contribution in [1.29, 1.82) is 0 Å². The third-order valence-electron chi connectivity index (χ3n) is 3.51. The van der Waals surface area contributed by atoms with Gasteiger partial charge in [-0.05, 0) is 53.0 Å². The van der Waals surface area contributed by atoms with Gasteiger partial charge in [0.15, 0.2) is 24.4 Å². The lowest BCUT2D eigenvalue weighted by Gasteiger charge is -2.14. The second-order valence-corrected chi connectivity index (χ2v) is 6.10. The first kappa shape index (κ1) is 18.0. The van der Waals surface area contributed by atoms with Crippen molar-refractivity contribution in [2.24, 2.45) is 0 Å². The Labute approximate surface area is 149 Å². The summed E-state index contributed by atoms with van der Waals surface area (Å²) >= 11 is 3.28. The number of aryl methyl sites for hydroxylation is 2. The predicted octanol–water partition coefficient (Wildman–Crippen LogP) is 3.90. The summed E-state index contributed by atoms with van der Waals surface area (Å²) in [5, 5.41) is 2.84. The Morgan fingerprint density at radius 3 is 2.46 bits per heavy atom. The van der Waals surface area contributed by atoms with E-state index in [-0.39, 0.29) is 12.5 Å². The highest BCUT2D eigenvalue weighted by atomic mass is 79.9. The van der Waals surface area contributed by atoms with Gasteiger partial charge in [0.05, 0.1) is 7.11 Å². The van der Waals surface area contributed by atoms with Gasteiger partial charge >= 0.3 is 0 Å². The normalized spacial score (nSPS) is 10.2. The Morgan fingerprint density at radius 1 is 1.21 bits per heavy atom. The minimum atomic E-state index is -0.287. The molecule has 2 aromatic rings. The van der Waals surface area contributed by atoms with Crippen LogP contribution in [0.25, 0.3) is 0 Å². The van der Waals surface area contributed by atoms with E-state index in [1.165, 1.54) is 13.2 Å². The van der Waals surface area contributed by atoms with Gasteiger partial charge in [-0.15, -0.1) is 0 Å². The summed E-state index contributed by atoms with van der Waals surface area (Å²) in [6, 6.07) is 8.95. The van der Waals surface area contributed by atoms with Crippen LogP contribution >= 0.6 is 15.9 Å². The van der Waals surface area contributed by atoms with E-state index in [1.807, 2.05) is 32.0 Å². The van der Waals surface area contributed by atoms with Crippen LogP contribution in [-0.2, 0) is 4.79 Å². The van der Waals surface area contributed by atoms with Crippen molar-refractivity contribution in [1.82, 2.24) is 0 Å². The van der Waals surface area contributed by atoms with Crippen LogP contribution in [0, 0.1) is 13.8 Å². The molecule has 0 fully saturated rings. The maximum Gasteiger partial charge on any atom is 0.262 e. The molecule has 0 saturated carbocycles. The molecule has 6 heteroatoms. The number of hydrogen-bond acceptors (Lipinski definition) is 4. The predicted molar refractivity (Wildman–Crippen MR) is 96.1 cm³/mol. The van der Waals surface area contributed by atoms with Crippen LogP contribution in [0.4, 0.5) is 5.69 Å². The molecule has 0 spiro atoms. The summed E-state index contributed by atoms with van der Waals surface area (Å²) < 4.78 is 11.3. The molecule has 0 atom stereocenters. The molecule has 0 unspecified atom stereocenters. The fourth-order valence-corrected chi connectivity index (χ4v) is 2.66. The van der Waals surface area contributed by atoms with E-state index in [1.54, 1.807) is 6.07 Å². The van der Waals surface area contributed by atoms with E-state index in [0.29, 0.717) is 27.8 Å². The Balaban J connectivity index is 2.10. The molecule has 0 radical (unpaired) electrons. The molecule has 24 heavy (non-hydrogen) atoms. The third kappa shape index (κ3) is 4.14. The molecule has 2 rings (SSSR count). The maximum atomic E-state index is 12.2. The van der Waals surface area contributed by atoms with Gasteiger partial charge in [0.2, 0.25) is 0 Å². The van der Waals surface area contributed by atoms with Crippen LogP contribution in [0.3, 0.4) is 0 Å². The zero-order valence-corrected chi connectivity index (χ0v) is 15.3. The molecular weight excluding hydrogens is 374 g/mol. The summed E-state index contributed by atoms with van der Waals surface area (Å²) in [4.78, 5) is 23.2. The topological polar surface area (TPSA) is 64.6 Å². The molecular formula is C18H18BrNO4. The number of halogens is 1. The molecule has 0 aliphatic carbocycles. The van der Waals surface area contributed by atoms with Gasteiger partial charge in [-0.1, -0.05) is 18.2 Å². The number of rotatable bonds is 6. The van der Waals surface area contributed by atoms with Gasteiger partial charge in [-0.2, -0.15) is 0 Å². The highest BCUT2D eigenvalue weighted by molar-refractivity contribution is 9.10. The lowest BCUT2D eigenvalue weighted by molar-refractivity contribution is -0.118. The molecule has 0 aliphatic heterocycles. The molecule has 1 amide bonds. The molecule has 0 saturated heterocycles. The summed E-state index contributed by atoms with van der Waals surface area (Å²) in [6.45, 7) is 3.67. The Kier molecular flexibility index (Phi) is 5.98. The van der Waals surface area contributed by atoms with Crippen molar-refractivity contribution in [2.45, 2.75) is 13.8 Å². The van der Waals surface area contributed by atoms with Crippen LogP contribution in [0.15, 0.2) is 34.8 Å². The lowest BCUT2D eigenvalue weighted by Crippen LogP contribution is -2.21. The highest BCUT2D eigenvalue weighted by Crippen LogP contribution is 2.32. The smallest absolute Gasteiger partial charge is 0.262 e. The summed E-state index contributed by atoms with van der Waals surface area (Å²) in [7, 11) is 1.49. The largest absolute Gasteiger partial charge is 0.493 e. The molecule has 2 aromatic carbocycles. The van der Waals surface area contributed by atoms with Gasteiger partial charge in [-0.3, -0.25) is 9.59 Å². The van der Waals surface area contributed by atoms with E-state index in [0.717, 1.165) is 16.8 Å². The van der Waals surface area contributed by atoms with Crippen LogP contribution < -0.4 is 14.8 Å². The van der Waals surface area contributed by atoms with Gasteiger partial charge in [0.25, 0.3) is 5.91 Å². The van der Waals surface area contributed by atoms with Crippen molar-refractivity contribution < 1.29 is 19.1 Å². The van der Waals surface area contributed by atoms with Gasteiger partial charge in [-0.25, -0.2) is 0 Å². The molecule has 1 N–H and O–H groups in total. The lowest BCUT2D eigenvalue weighted by atomic mass is 10.1. The van der Waals surface area contributed by atoms with Gasteiger partial charge < -0.3 is 14.8 Å². The average Bonchev–Trinajstić information content (AvgIpc) is 2.56. The van der Waals surface area contributed by atoms with Crippen LogP contribution in [-0.4, -0.2) is 25.9 Å². The number of ether oxygens (including phenoxy) is 2. The number of hydrogen-bond donors (Lipinski definition) is 1. The molecule has 126 valence electrons. The minimum absolute atomic E-state index is 0.190. The number of para-hydroxylation sites is 1. The molecule has 0 aliphatic rings. The van der Waals surface area contributed by atoms with Crippen molar-refractivity contribution in [2.75, 3.05) is 19.0 Å². The first-order valence-electron chi connectivity index (χ1n) is 7.27. The molecule has 5 nitrogen and oxygen atoms in total. The number of carbonyl (C=O) groups excluding carboxylic acids is 2. The van der Waals surface area contributed by atoms with Crippen molar-refractivity contribution in [3.05, 3.63) is 51.5 Å². The Morgan fingerprint density at radius 2 is 1.88 bits per heavy atom. The molecule has 0 heterocycles. The standard InChI is InChI=1S/C18H18BrNO4/c1-11-5-4-6-12(2)18(11)20-17(22)10-24-16-7-13(9-21)14(19)8-15(16)23-3/h4-9H,10H2,1-3H3,(H,20,22). The number of anilines is 1. The summed E-state index contributed by atoms with van der Waals surface area (Å²) in [5.74, 6) is 0.483. The first-order chi connectivity index (χ1) is 11.5. The summed E-state index contributed by atoms with van der Waals surface area (Å²) in [5.41, 5.74) is 3.16. The maximum absolute atomic E-state index is 12.2. The van der Waals surface area contributed by atoms with Gasteiger partial charge in [0.1, 0.15) is 0 Å². The fourth-order valence-electron chi connectivity index (χ4n) is 2.24. The Bertz CT molecular complexity index is 754. The van der Waals surface area contributed by atoms with Crippen molar-refractivity contribution in [3.63, 3.8) is 0 Å². The minimum Gasteiger partial charge on any atom is -0.493 e. The van der Waals surface area contributed by atoms with E-state index < -0.39 is 0 Å². The van der Waals surface area contributed by atoms with Crippen LogP contribution in [0.5, 0.6) is 11.5 Å². The quantitative estimate of drug-likeness (QED) is 0.758. The number of methoxy groups -OCH3 is 1. The van der Waals surface area contributed by atoms with Crippen LogP contribution in [0.1, 0.15) is 21.5 Å². The number of nitrogens with one attached hydrogen (secondary N) is 1. The number of carbonyl (C=O) groups is 2. The third-order valence-corrected chi connectivity index (χ3v) is 4.20. The number of benzene rings is 2. The van der Waals surface area contributed by atoms with Crippen molar-refractivity contribution in [3.8, 4) is 11.5 Å². The van der Waals surface area contributed by atoms with E-state index in [2.05, 4.69) is 21.2 Å². The average molecular weight is 392 g/mol. The van der Waals surface area contributed by atoms with E-state index in [9.17, 15) is 9.59 Å². The molecule has 0 bridgehead atoms. The number of aldehydes is 1. The molecule has 0 aromatic heterocycles. The van der Waals surface area contributed by atoms with Crippen LogP contribution in [0.2, 0.25) is 0 Å². The Hall–Kier alpha value is -2.34. The second-order valence-electron chi connectivity index (χ2n) is 5.25. The van der Waals surface area contributed by atoms with E-state index >= 15 is 0 Å². The second kappa shape index (κ2) is 7.97. The highest BCUT2D eigenvalue weighted by Gasteiger charge is 2.13. The van der Waals surface area contributed by atoms with Crippen molar-refractivity contribution >= 4 is 33.8 Å². The SMILES string of the molecule is COc1cc(Br)c(C=O)cc1OCC(=O)Nc1c(C)cccc1C.